The van der Waals surface area contributed by atoms with Crippen LogP contribution >= 0.6 is 0 Å². The van der Waals surface area contributed by atoms with Gasteiger partial charge in [-0.1, -0.05) is 24.3 Å². The molecule has 154 valence electrons. The summed E-state index contributed by atoms with van der Waals surface area (Å²) in [6.07, 6.45) is 1.09. The fourth-order valence-corrected chi connectivity index (χ4v) is 3.37. The molecule has 4 rings (SSSR count). The van der Waals surface area contributed by atoms with Crippen LogP contribution < -0.4 is 14.8 Å². The summed E-state index contributed by atoms with van der Waals surface area (Å²) >= 11 is 0. The second-order valence-corrected chi connectivity index (χ2v) is 7.17. The van der Waals surface area contributed by atoms with E-state index in [0.29, 0.717) is 11.3 Å². The Balaban J connectivity index is 1.87. The highest BCUT2D eigenvalue weighted by Gasteiger charge is 2.20. The molecular formula is C23H23N3O4. The molecular weight excluding hydrogens is 382 g/mol. The van der Waals surface area contributed by atoms with Gasteiger partial charge in [-0.25, -0.2) is 9.78 Å². The number of hydrogen-bond donors (Lipinski definition) is 2. The van der Waals surface area contributed by atoms with E-state index >= 15 is 0 Å². The highest BCUT2D eigenvalue weighted by atomic mass is 16.6. The molecule has 0 saturated carbocycles. The van der Waals surface area contributed by atoms with Gasteiger partial charge in [0.1, 0.15) is 11.5 Å². The van der Waals surface area contributed by atoms with Gasteiger partial charge in [0.15, 0.2) is 0 Å². The summed E-state index contributed by atoms with van der Waals surface area (Å²) in [6, 6.07) is 15.3. The van der Waals surface area contributed by atoms with E-state index < -0.39 is 6.09 Å². The average molecular weight is 405 g/mol. The molecule has 0 fully saturated rings. The molecule has 0 spiro atoms. The van der Waals surface area contributed by atoms with Crippen LogP contribution in [0.25, 0.3) is 21.8 Å². The Bertz CT molecular complexity index is 1190. The van der Waals surface area contributed by atoms with Gasteiger partial charge < -0.3 is 24.5 Å². The Labute approximate surface area is 174 Å². The van der Waals surface area contributed by atoms with Gasteiger partial charge in [0, 0.05) is 18.5 Å². The monoisotopic (exact) mass is 405 g/mol. The molecule has 0 aliphatic heterocycles. The number of pyridine rings is 1. The molecule has 7 nitrogen and oxygen atoms in total. The van der Waals surface area contributed by atoms with Crippen LogP contribution in [0.2, 0.25) is 0 Å². The van der Waals surface area contributed by atoms with E-state index in [2.05, 4.69) is 15.3 Å². The van der Waals surface area contributed by atoms with E-state index in [1.165, 1.54) is 0 Å². The van der Waals surface area contributed by atoms with Crippen molar-refractivity contribution in [1.29, 1.82) is 0 Å². The van der Waals surface area contributed by atoms with E-state index in [4.69, 9.17) is 14.2 Å². The highest BCUT2D eigenvalue weighted by Crippen LogP contribution is 2.39. The van der Waals surface area contributed by atoms with Crippen LogP contribution in [0.5, 0.6) is 17.4 Å². The number of aromatic amines is 1. The van der Waals surface area contributed by atoms with E-state index in [1.54, 1.807) is 13.3 Å². The highest BCUT2D eigenvalue weighted by molar-refractivity contribution is 6.12. The number of H-pyrrole nitrogens is 1. The van der Waals surface area contributed by atoms with Crippen LogP contribution in [0, 0.1) is 0 Å². The Morgan fingerprint density at radius 2 is 1.87 bits per heavy atom. The molecule has 2 aromatic heterocycles. The third-order valence-corrected chi connectivity index (χ3v) is 4.54. The van der Waals surface area contributed by atoms with Gasteiger partial charge in [-0.2, -0.15) is 0 Å². The second kappa shape index (κ2) is 8.42. The number of benzene rings is 2. The standard InChI is InChI=1S/C23H23N3O4/c1-14(2)25-23(27)30-22-16(13-28-3)20-18(12-24-22)26-17-10-7-11-19(21(17)20)29-15-8-5-4-6-9-15/h4-12,14,26H,13H2,1-3H3,(H,25,27). The van der Waals surface area contributed by atoms with E-state index in [0.717, 1.165) is 27.6 Å². The van der Waals surface area contributed by atoms with Gasteiger partial charge >= 0.3 is 6.09 Å². The van der Waals surface area contributed by atoms with Gasteiger partial charge in [0.05, 0.1) is 34.8 Å². The van der Waals surface area contributed by atoms with Crippen LogP contribution in [-0.4, -0.2) is 29.2 Å². The first-order chi connectivity index (χ1) is 14.6. The summed E-state index contributed by atoms with van der Waals surface area (Å²) in [5.74, 6) is 1.62. The molecule has 0 radical (unpaired) electrons. The SMILES string of the molecule is COCc1c(OC(=O)NC(C)C)ncc2[nH]c3cccc(Oc4ccccc4)c3c12. The lowest BCUT2D eigenvalue weighted by Crippen LogP contribution is -2.33. The molecule has 30 heavy (non-hydrogen) atoms. The third-order valence-electron chi connectivity index (χ3n) is 4.54. The van der Waals surface area contributed by atoms with Crippen molar-refractivity contribution in [3.8, 4) is 17.4 Å². The molecule has 7 heteroatoms. The predicted octanol–water partition coefficient (Wildman–Crippen LogP) is 5.15. The molecule has 4 aromatic rings. The lowest BCUT2D eigenvalue weighted by molar-refractivity contribution is 0.176. The van der Waals surface area contributed by atoms with E-state index in [-0.39, 0.29) is 18.5 Å². The molecule has 2 N–H and O–H groups in total. The molecule has 0 saturated heterocycles. The molecule has 2 heterocycles. The van der Waals surface area contributed by atoms with Crippen LogP contribution in [0.3, 0.4) is 0 Å². The van der Waals surface area contributed by atoms with Crippen molar-refractivity contribution in [2.75, 3.05) is 7.11 Å². The maximum atomic E-state index is 12.2. The minimum Gasteiger partial charge on any atom is -0.457 e. The zero-order valence-corrected chi connectivity index (χ0v) is 17.1. The maximum Gasteiger partial charge on any atom is 0.414 e. The molecule has 0 aliphatic carbocycles. The van der Waals surface area contributed by atoms with Crippen molar-refractivity contribution in [2.24, 2.45) is 0 Å². The number of fused-ring (bicyclic) bond motifs is 3. The molecule has 1 amide bonds. The molecule has 0 atom stereocenters. The maximum absolute atomic E-state index is 12.2. The lowest BCUT2D eigenvalue weighted by Gasteiger charge is -2.13. The number of carbonyl (C=O) groups excluding carboxylic acids is 1. The van der Waals surface area contributed by atoms with Crippen LogP contribution in [0.1, 0.15) is 19.4 Å². The topological polar surface area (TPSA) is 85.5 Å². The first-order valence-corrected chi connectivity index (χ1v) is 9.69. The predicted molar refractivity (Wildman–Crippen MR) is 115 cm³/mol. The van der Waals surface area contributed by atoms with Crippen molar-refractivity contribution in [1.82, 2.24) is 15.3 Å². The number of carbonyl (C=O) groups is 1. The van der Waals surface area contributed by atoms with Crippen molar-refractivity contribution in [2.45, 2.75) is 26.5 Å². The first kappa shape index (κ1) is 19.7. The zero-order valence-electron chi connectivity index (χ0n) is 17.1. The minimum absolute atomic E-state index is 0.0499. The van der Waals surface area contributed by atoms with Crippen molar-refractivity contribution >= 4 is 27.9 Å². The van der Waals surface area contributed by atoms with Crippen molar-refractivity contribution in [3.63, 3.8) is 0 Å². The average Bonchev–Trinajstić information content (AvgIpc) is 3.10. The number of amides is 1. The molecule has 2 aromatic carbocycles. The number of methoxy groups -OCH3 is 1. The first-order valence-electron chi connectivity index (χ1n) is 9.69. The Morgan fingerprint density at radius 1 is 1.07 bits per heavy atom. The van der Waals surface area contributed by atoms with Gasteiger partial charge in [-0.05, 0) is 38.1 Å². The minimum atomic E-state index is -0.560. The van der Waals surface area contributed by atoms with Gasteiger partial charge in [-0.3, -0.25) is 0 Å². The smallest absolute Gasteiger partial charge is 0.414 e. The van der Waals surface area contributed by atoms with E-state index in [1.807, 2.05) is 62.4 Å². The zero-order chi connectivity index (χ0) is 21.1. The largest absolute Gasteiger partial charge is 0.457 e. The number of ether oxygens (including phenoxy) is 3. The Kier molecular flexibility index (Phi) is 5.54. The Morgan fingerprint density at radius 3 is 2.60 bits per heavy atom. The number of nitrogens with zero attached hydrogens (tertiary/aromatic N) is 1. The quantitative estimate of drug-likeness (QED) is 0.463. The number of aromatic nitrogens is 2. The normalized spacial score (nSPS) is 11.2. The summed E-state index contributed by atoms with van der Waals surface area (Å²) in [5.41, 5.74) is 2.36. The summed E-state index contributed by atoms with van der Waals surface area (Å²) in [7, 11) is 1.59. The number of para-hydroxylation sites is 1. The van der Waals surface area contributed by atoms with Crippen LogP contribution in [0.15, 0.2) is 54.7 Å². The molecule has 0 bridgehead atoms. The molecule has 0 aliphatic rings. The fraction of sp³-hybridized carbons (Fsp3) is 0.217. The van der Waals surface area contributed by atoms with Gasteiger partial charge in [0.2, 0.25) is 5.88 Å². The van der Waals surface area contributed by atoms with Gasteiger partial charge in [0.25, 0.3) is 0 Å². The van der Waals surface area contributed by atoms with Crippen molar-refractivity contribution in [3.05, 3.63) is 60.3 Å². The summed E-state index contributed by atoms with van der Waals surface area (Å²) in [5, 5.41) is 4.43. The summed E-state index contributed by atoms with van der Waals surface area (Å²) < 4.78 is 17.1. The third kappa shape index (κ3) is 3.92. The summed E-state index contributed by atoms with van der Waals surface area (Å²) in [6.45, 7) is 3.95. The van der Waals surface area contributed by atoms with Gasteiger partial charge in [-0.15, -0.1) is 0 Å². The van der Waals surface area contributed by atoms with Crippen molar-refractivity contribution < 1.29 is 19.0 Å². The van der Waals surface area contributed by atoms with E-state index in [9.17, 15) is 4.79 Å². The summed E-state index contributed by atoms with van der Waals surface area (Å²) in [4.78, 5) is 19.9. The molecule has 0 unspecified atom stereocenters. The number of hydrogen-bond acceptors (Lipinski definition) is 5. The Hall–Kier alpha value is -3.58. The van der Waals surface area contributed by atoms with Crippen LogP contribution in [0.4, 0.5) is 4.79 Å². The lowest BCUT2D eigenvalue weighted by atomic mass is 10.1. The van der Waals surface area contributed by atoms with Crippen LogP contribution in [-0.2, 0) is 11.3 Å². The number of nitrogens with one attached hydrogen (secondary N) is 2. The second-order valence-electron chi connectivity index (χ2n) is 7.17. The fourth-order valence-electron chi connectivity index (χ4n) is 3.37. The number of rotatable bonds is 6.